The van der Waals surface area contributed by atoms with Gasteiger partial charge in [-0.1, -0.05) is 99.5 Å². The van der Waals surface area contributed by atoms with Gasteiger partial charge in [0.15, 0.2) is 17.1 Å². The number of aliphatic imine (C=N–C) groups is 1. The number of aromatic amines is 1. The Labute approximate surface area is 298 Å². The molecule has 0 saturated carbocycles. The largest absolute Gasteiger partial charge is 0.497 e. The van der Waals surface area contributed by atoms with Gasteiger partial charge in [0, 0.05) is 26.1 Å². The lowest BCUT2D eigenvalue weighted by molar-refractivity contribution is -0.0178. The summed E-state index contributed by atoms with van der Waals surface area (Å²) in [4.78, 5) is 29.7. The molecule has 1 saturated heterocycles. The number of guanidine groups is 1. The number of fused-ring (bicyclic) bond motifs is 1. The van der Waals surface area contributed by atoms with Crippen molar-refractivity contribution in [1.29, 1.82) is 0 Å². The Hall–Kier alpha value is -5.04. The van der Waals surface area contributed by atoms with E-state index in [1.807, 2.05) is 48.5 Å². The molecule has 1 aliphatic heterocycles. The van der Waals surface area contributed by atoms with Crippen molar-refractivity contribution in [2.24, 2.45) is 4.99 Å². The number of unbranched alkanes of at least 4 members (excludes halogenated alkanes) is 2. The van der Waals surface area contributed by atoms with Crippen LogP contribution in [0, 0.1) is 0 Å². The molecule has 0 radical (unpaired) electrons. The van der Waals surface area contributed by atoms with Gasteiger partial charge in [0.25, 0.3) is 5.56 Å². The van der Waals surface area contributed by atoms with Crippen molar-refractivity contribution in [1.82, 2.24) is 30.2 Å². The fourth-order valence-corrected chi connectivity index (χ4v) is 6.53. The number of hydrogen-bond donors (Lipinski definition) is 5. The molecular formula is C39H48N8O4. The minimum atomic E-state index is -0.792. The molecule has 268 valence electrons. The summed E-state index contributed by atoms with van der Waals surface area (Å²) in [6.07, 6.45) is 3.89. The predicted octanol–water partition coefficient (Wildman–Crippen LogP) is 5.32. The molecule has 51 heavy (non-hydrogen) atoms. The monoisotopic (exact) mass is 692 g/mol. The highest BCUT2D eigenvalue weighted by Gasteiger charge is 2.41. The van der Waals surface area contributed by atoms with E-state index in [9.17, 15) is 9.90 Å². The van der Waals surface area contributed by atoms with Gasteiger partial charge < -0.3 is 19.9 Å². The molecule has 0 spiro atoms. The van der Waals surface area contributed by atoms with Crippen molar-refractivity contribution in [3.05, 3.63) is 118 Å². The first kappa shape index (κ1) is 35.8. The van der Waals surface area contributed by atoms with E-state index in [0.29, 0.717) is 31.1 Å². The van der Waals surface area contributed by atoms with E-state index >= 15 is 0 Å². The molecule has 0 bridgehead atoms. The molecular weight excluding hydrogens is 644 g/mol. The zero-order valence-corrected chi connectivity index (χ0v) is 29.5. The van der Waals surface area contributed by atoms with Crippen LogP contribution in [-0.4, -0.2) is 69.5 Å². The second-order valence-corrected chi connectivity index (χ2v) is 12.8. The Morgan fingerprint density at radius 1 is 1.00 bits per heavy atom. The minimum Gasteiger partial charge on any atom is -0.497 e. The van der Waals surface area contributed by atoms with Crippen LogP contribution in [0.25, 0.3) is 11.2 Å². The van der Waals surface area contributed by atoms with Gasteiger partial charge in [0.1, 0.15) is 12.0 Å². The second kappa shape index (κ2) is 16.8. The van der Waals surface area contributed by atoms with E-state index in [1.54, 1.807) is 18.0 Å². The lowest BCUT2D eigenvalue weighted by Crippen LogP contribution is -2.49. The highest BCUT2D eigenvalue weighted by molar-refractivity contribution is 5.92. The molecule has 3 aromatic carbocycles. The fraction of sp³-hybridized carbons (Fsp3) is 0.385. The average Bonchev–Trinajstić information content (AvgIpc) is 3.76. The maximum absolute atomic E-state index is 13.1. The molecule has 0 amide bonds. The molecule has 5 N–H and O–H groups in total. The number of aliphatic hydroxyl groups excluding tert-OH is 1. The molecule has 12 heteroatoms. The van der Waals surface area contributed by atoms with Gasteiger partial charge in [-0.3, -0.25) is 30.0 Å². The number of aliphatic hydroxyl groups is 1. The van der Waals surface area contributed by atoms with Crippen molar-refractivity contribution in [3.8, 4) is 5.75 Å². The molecule has 5 aromatic rings. The van der Waals surface area contributed by atoms with Crippen molar-refractivity contribution in [2.75, 3.05) is 32.1 Å². The van der Waals surface area contributed by atoms with Crippen LogP contribution in [0.5, 0.6) is 5.75 Å². The summed E-state index contributed by atoms with van der Waals surface area (Å²) in [5, 5.41) is 21.7. The van der Waals surface area contributed by atoms with Crippen LogP contribution >= 0.6 is 0 Å². The normalized spacial score (nSPS) is 17.9. The Kier molecular flexibility index (Phi) is 11.8. The number of nitrogens with one attached hydrogen (secondary N) is 4. The van der Waals surface area contributed by atoms with Gasteiger partial charge in [-0.15, -0.1) is 0 Å². The van der Waals surface area contributed by atoms with E-state index in [1.165, 1.54) is 0 Å². The van der Waals surface area contributed by atoms with Gasteiger partial charge in [-0.25, -0.2) is 4.98 Å². The van der Waals surface area contributed by atoms with Gasteiger partial charge in [-0.05, 0) is 41.7 Å². The maximum Gasteiger partial charge on any atom is 0.280 e. The van der Waals surface area contributed by atoms with Crippen LogP contribution in [0.15, 0.2) is 101 Å². The van der Waals surface area contributed by atoms with Crippen LogP contribution in [0.2, 0.25) is 0 Å². The molecule has 1 aliphatic rings. The summed E-state index contributed by atoms with van der Waals surface area (Å²) < 4.78 is 13.7. The minimum absolute atomic E-state index is 0.190. The van der Waals surface area contributed by atoms with Crippen molar-refractivity contribution in [2.45, 2.75) is 69.9 Å². The molecule has 6 rings (SSSR count). The Morgan fingerprint density at radius 3 is 2.31 bits per heavy atom. The fourth-order valence-electron chi connectivity index (χ4n) is 6.53. The van der Waals surface area contributed by atoms with Crippen LogP contribution in [-0.2, 0) is 10.3 Å². The zero-order valence-electron chi connectivity index (χ0n) is 29.5. The molecule has 0 aliphatic carbocycles. The molecule has 1 fully saturated rings. The predicted molar refractivity (Wildman–Crippen MR) is 200 cm³/mol. The first-order valence-electron chi connectivity index (χ1n) is 17.8. The molecule has 3 heterocycles. The zero-order chi connectivity index (χ0) is 35.6. The van der Waals surface area contributed by atoms with E-state index in [0.717, 1.165) is 54.7 Å². The van der Waals surface area contributed by atoms with Crippen molar-refractivity contribution >= 4 is 23.1 Å². The standard InChI is InChI=1S/C39H48N8O4/c1-4-6-22-40-37(41-23-7-5-2)46-38-44-35-34(36(49)45-38)42-26-47(35)33-24-31(48)32(51-33)25-43-39(27-14-10-8-11-15-27,28-16-12-9-13-17-28)29-18-20-30(50-3)21-19-29/h8-21,26,31-33,43,48H,4-7,22-25H2,1-3H3,(H3,40,41,44,45,46,49)/t31-,32+,33+/m0/s1. The highest BCUT2D eigenvalue weighted by atomic mass is 16.5. The topological polar surface area (TPSA) is 151 Å². The molecule has 12 nitrogen and oxygen atoms in total. The number of rotatable bonds is 15. The molecule has 2 aromatic heterocycles. The van der Waals surface area contributed by atoms with E-state index in [2.05, 4.69) is 81.2 Å². The Balaban J connectivity index is 1.27. The van der Waals surface area contributed by atoms with Crippen molar-refractivity contribution in [3.63, 3.8) is 0 Å². The number of H-pyrrole nitrogens is 1. The third kappa shape index (κ3) is 7.98. The van der Waals surface area contributed by atoms with Gasteiger partial charge in [0.2, 0.25) is 5.95 Å². The number of methoxy groups -OCH3 is 1. The lowest BCUT2D eigenvalue weighted by Gasteiger charge is -2.38. The van der Waals surface area contributed by atoms with E-state index < -0.39 is 24.0 Å². The molecule has 3 atom stereocenters. The van der Waals surface area contributed by atoms with Crippen LogP contribution in [0.1, 0.15) is 68.9 Å². The highest BCUT2D eigenvalue weighted by Crippen LogP contribution is 2.38. The number of ether oxygens (including phenoxy) is 2. The lowest BCUT2D eigenvalue weighted by atomic mass is 9.77. The Bertz CT molecular complexity index is 1890. The summed E-state index contributed by atoms with van der Waals surface area (Å²) in [6, 6.07) is 28.5. The summed E-state index contributed by atoms with van der Waals surface area (Å²) in [6.45, 7) is 5.97. The number of nitrogens with zero attached hydrogens (tertiary/aromatic N) is 4. The summed E-state index contributed by atoms with van der Waals surface area (Å²) >= 11 is 0. The number of hydrogen-bond acceptors (Lipinski definition) is 8. The third-order valence-electron chi connectivity index (χ3n) is 9.29. The van der Waals surface area contributed by atoms with Crippen molar-refractivity contribution < 1.29 is 14.6 Å². The SMILES string of the molecule is CCCCN=C(NCCCC)Nc1nc2c(ncn2[C@H]2C[C@H](O)[C@@H](CNC(c3ccccc3)(c3ccccc3)c3ccc(OC)cc3)O2)c(=O)[nH]1. The summed E-state index contributed by atoms with van der Waals surface area (Å²) in [7, 11) is 1.66. The van der Waals surface area contributed by atoms with Gasteiger partial charge >= 0.3 is 0 Å². The quantitative estimate of drug-likeness (QED) is 0.0425. The first-order valence-corrected chi connectivity index (χ1v) is 17.8. The smallest absolute Gasteiger partial charge is 0.280 e. The Morgan fingerprint density at radius 2 is 1.67 bits per heavy atom. The van der Waals surface area contributed by atoms with Gasteiger partial charge in [-0.2, -0.15) is 4.98 Å². The molecule has 0 unspecified atom stereocenters. The first-order chi connectivity index (χ1) is 25.0. The van der Waals surface area contributed by atoms with Crippen LogP contribution < -0.4 is 26.2 Å². The second-order valence-electron chi connectivity index (χ2n) is 12.8. The number of anilines is 1. The number of imidazole rings is 1. The van der Waals surface area contributed by atoms with E-state index in [4.69, 9.17) is 14.5 Å². The average molecular weight is 693 g/mol. The van der Waals surface area contributed by atoms with Crippen LogP contribution in [0.4, 0.5) is 5.95 Å². The third-order valence-corrected chi connectivity index (χ3v) is 9.29. The summed E-state index contributed by atoms with van der Waals surface area (Å²) in [5.74, 6) is 1.57. The van der Waals surface area contributed by atoms with Gasteiger partial charge in [0.05, 0.1) is 31.2 Å². The number of aromatic nitrogens is 4. The number of benzene rings is 3. The van der Waals surface area contributed by atoms with E-state index in [-0.39, 0.29) is 17.0 Å². The summed E-state index contributed by atoms with van der Waals surface area (Å²) in [5.41, 5.74) is 2.48. The maximum atomic E-state index is 13.1. The van der Waals surface area contributed by atoms with Crippen LogP contribution in [0.3, 0.4) is 0 Å².